The van der Waals surface area contributed by atoms with E-state index < -0.39 is 0 Å². The number of hydrogen-bond donors (Lipinski definition) is 1. The van der Waals surface area contributed by atoms with E-state index in [-0.39, 0.29) is 18.3 Å². The van der Waals surface area contributed by atoms with E-state index in [4.69, 9.17) is 9.47 Å². The van der Waals surface area contributed by atoms with Crippen LogP contribution in [0.4, 0.5) is 0 Å². The molecule has 0 aliphatic heterocycles. The van der Waals surface area contributed by atoms with E-state index in [1.165, 1.54) is 0 Å². The van der Waals surface area contributed by atoms with Crippen LogP contribution in [-0.2, 0) is 16.1 Å². The van der Waals surface area contributed by atoms with E-state index in [2.05, 4.69) is 24.4 Å². The Balaban J connectivity index is 1.77. The third-order valence-electron chi connectivity index (χ3n) is 5.69. The van der Waals surface area contributed by atoms with Crippen molar-refractivity contribution >= 4 is 17.8 Å². The molecule has 0 spiro atoms. The number of unbranched alkanes of at least 4 members (excludes halogenated alkanes) is 1. The number of benzene rings is 3. The lowest BCUT2D eigenvalue weighted by molar-refractivity contribution is -0.138. The van der Waals surface area contributed by atoms with Crippen molar-refractivity contribution in [1.29, 1.82) is 0 Å². The van der Waals surface area contributed by atoms with Gasteiger partial charge in [-0.05, 0) is 55.2 Å². The number of ketones is 1. The van der Waals surface area contributed by atoms with Crippen molar-refractivity contribution in [2.45, 2.75) is 40.2 Å². The maximum absolute atomic E-state index is 12.4. The standard InChI is InChI=1S/C31H35NO4/c1-4-6-17-36-30-20-24(18-23(3)31(34)35-5-2)15-16-28(30)27-14-10-11-25(19-27)21-32-22-29(33)26-12-8-7-9-13-26/h7-16,18-20,32H,4-6,17,21-22H2,1-3H3/b23-18+. The zero-order chi connectivity index (χ0) is 25.8. The number of Topliss-reactive ketones (excluding diaryl/α,β-unsaturated/α-hetero) is 1. The van der Waals surface area contributed by atoms with Gasteiger partial charge in [0, 0.05) is 23.2 Å². The van der Waals surface area contributed by atoms with Gasteiger partial charge in [-0.25, -0.2) is 4.79 Å². The Hall–Kier alpha value is -3.70. The molecule has 0 aromatic heterocycles. The number of carbonyl (C=O) groups excluding carboxylic acids is 2. The summed E-state index contributed by atoms with van der Waals surface area (Å²) < 4.78 is 11.3. The molecule has 3 aromatic carbocycles. The molecule has 1 N–H and O–H groups in total. The SMILES string of the molecule is CCCCOc1cc(/C=C(\C)C(=O)OCC)ccc1-c1cccc(CNCC(=O)c2ccccc2)c1. The largest absolute Gasteiger partial charge is 0.493 e. The van der Waals surface area contributed by atoms with E-state index in [0.717, 1.165) is 40.8 Å². The highest BCUT2D eigenvalue weighted by atomic mass is 16.5. The van der Waals surface area contributed by atoms with Crippen LogP contribution in [0.2, 0.25) is 0 Å². The molecule has 188 valence electrons. The molecule has 3 rings (SSSR count). The minimum absolute atomic E-state index is 0.0696. The average molecular weight is 486 g/mol. The van der Waals surface area contributed by atoms with E-state index in [9.17, 15) is 9.59 Å². The first-order valence-electron chi connectivity index (χ1n) is 12.5. The predicted molar refractivity (Wildman–Crippen MR) is 145 cm³/mol. The quantitative estimate of drug-likeness (QED) is 0.130. The average Bonchev–Trinajstić information content (AvgIpc) is 2.90. The fraction of sp³-hybridized carbons (Fsp3) is 0.290. The van der Waals surface area contributed by atoms with E-state index >= 15 is 0 Å². The highest BCUT2D eigenvalue weighted by Crippen LogP contribution is 2.32. The summed E-state index contributed by atoms with van der Waals surface area (Å²) in [5, 5.41) is 3.25. The fourth-order valence-electron chi connectivity index (χ4n) is 3.76. The minimum atomic E-state index is -0.319. The van der Waals surface area contributed by atoms with Gasteiger partial charge in [-0.2, -0.15) is 0 Å². The van der Waals surface area contributed by atoms with Gasteiger partial charge in [0.25, 0.3) is 0 Å². The molecule has 3 aromatic rings. The van der Waals surface area contributed by atoms with Crippen LogP contribution in [0.25, 0.3) is 17.2 Å². The lowest BCUT2D eigenvalue weighted by atomic mass is 9.99. The van der Waals surface area contributed by atoms with Crippen molar-refractivity contribution < 1.29 is 19.1 Å². The maximum Gasteiger partial charge on any atom is 0.333 e. The Bertz CT molecular complexity index is 1180. The fourth-order valence-corrected chi connectivity index (χ4v) is 3.76. The summed E-state index contributed by atoms with van der Waals surface area (Å²) in [6.07, 6.45) is 3.82. The smallest absolute Gasteiger partial charge is 0.333 e. The highest BCUT2D eigenvalue weighted by molar-refractivity contribution is 5.97. The Morgan fingerprint density at radius 1 is 0.944 bits per heavy atom. The first kappa shape index (κ1) is 26.9. The molecule has 0 radical (unpaired) electrons. The van der Waals surface area contributed by atoms with Gasteiger partial charge in [-0.1, -0.05) is 74.0 Å². The van der Waals surface area contributed by atoms with Crippen LogP contribution >= 0.6 is 0 Å². The molecule has 5 nitrogen and oxygen atoms in total. The van der Waals surface area contributed by atoms with Gasteiger partial charge in [-0.3, -0.25) is 4.79 Å². The molecular formula is C31H35NO4. The van der Waals surface area contributed by atoms with Gasteiger partial charge in [0.15, 0.2) is 5.78 Å². The topological polar surface area (TPSA) is 64.6 Å². The lowest BCUT2D eigenvalue weighted by Gasteiger charge is -2.14. The Morgan fingerprint density at radius 3 is 2.50 bits per heavy atom. The molecule has 0 unspecified atom stereocenters. The highest BCUT2D eigenvalue weighted by Gasteiger charge is 2.11. The first-order valence-corrected chi connectivity index (χ1v) is 12.5. The molecule has 0 heterocycles. The zero-order valence-electron chi connectivity index (χ0n) is 21.4. The monoisotopic (exact) mass is 485 g/mol. The van der Waals surface area contributed by atoms with Gasteiger partial charge in [0.05, 0.1) is 19.8 Å². The molecule has 0 amide bonds. The molecule has 0 aliphatic carbocycles. The Labute approximate surface area is 214 Å². The molecule has 0 atom stereocenters. The van der Waals surface area contributed by atoms with Crippen molar-refractivity contribution in [3.05, 3.63) is 95.1 Å². The summed E-state index contributed by atoms with van der Waals surface area (Å²) in [6.45, 7) is 7.51. The summed E-state index contributed by atoms with van der Waals surface area (Å²) >= 11 is 0. The van der Waals surface area contributed by atoms with E-state index in [1.807, 2.05) is 66.7 Å². The summed E-state index contributed by atoms with van der Waals surface area (Å²) in [5.41, 5.74) is 5.23. The van der Waals surface area contributed by atoms with Crippen LogP contribution in [0.3, 0.4) is 0 Å². The molecule has 0 aliphatic rings. The van der Waals surface area contributed by atoms with Gasteiger partial charge >= 0.3 is 5.97 Å². The van der Waals surface area contributed by atoms with Crippen molar-refractivity contribution in [1.82, 2.24) is 5.32 Å². The van der Waals surface area contributed by atoms with E-state index in [1.54, 1.807) is 13.8 Å². The normalized spacial score (nSPS) is 11.2. The van der Waals surface area contributed by atoms with Crippen LogP contribution in [-0.4, -0.2) is 31.5 Å². The van der Waals surface area contributed by atoms with Crippen molar-refractivity contribution in [3.63, 3.8) is 0 Å². The summed E-state index contributed by atoms with van der Waals surface area (Å²) in [7, 11) is 0. The Morgan fingerprint density at radius 2 is 1.75 bits per heavy atom. The number of hydrogen-bond acceptors (Lipinski definition) is 5. The molecule has 0 saturated carbocycles. The van der Waals surface area contributed by atoms with Crippen LogP contribution in [0.1, 0.15) is 55.1 Å². The minimum Gasteiger partial charge on any atom is -0.493 e. The third-order valence-corrected chi connectivity index (χ3v) is 5.69. The molecule has 36 heavy (non-hydrogen) atoms. The molecule has 0 fully saturated rings. The third kappa shape index (κ3) is 7.92. The van der Waals surface area contributed by atoms with Crippen LogP contribution in [0.5, 0.6) is 5.75 Å². The van der Waals surface area contributed by atoms with Gasteiger partial charge < -0.3 is 14.8 Å². The van der Waals surface area contributed by atoms with Gasteiger partial charge in [0.1, 0.15) is 5.75 Å². The number of carbonyl (C=O) groups is 2. The molecular weight excluding hydrogens is 450 g/mol. The number of nitrogens with one attached hydrogen (secondary N) is 1. The second-order valence-corrected chi connectivity index (χ2v) is 8.60. The Kier molecular flexibility index (Phi) is 10.5. The van der Waals surface area contributed by atoms with Crippen molar-refractivity contribution in [3.8, 4) is 16.9 Å². The van der Waals surface area contributed by atoms with Gasteiger partial charge in [0.2, 0.25) is 0 Å². The number of rotatable bonds is 13. The first-order chi connectivity index (χ1) is 17.5. The number of esters is 1. The summed E-state index contributed by atoms with van der Waals surface area (Å²) in [4.78, 5) is 24.4. The second-order valence-electron chi connectivity index (χ2n) is 8.60. The second kappa shape index (κ2) is 14.0. The summed E-state index contributed by atoms with van der Waals surface area (Å²) in [6, 6.07) is 23.5. The predicted octanol–water partition coefficient (Wildman–Crippen LogP) is 6.47. The van der Waals surface area contributed by atoms with Crippen LogP contribution < -0.4 is 10.1 Å². The van der Waals surface area contributed by atoms with Crippen LogP contribution in [0.15, 0.2) is 78.4 Å². The van der Waals surface area contributed by atoms with Gasteiger partial charge in [-0.15, -0.1) is 0 Å². The molecule has 0 bridgehead atoms. The summed E-state index contributed by atoms with van der Waals surface area (Å²) in [5.74, 6) is 0.527. The lowest BCUT2D eigenvalue weighted by Crippen LogP contribution is -2.22. The zero-order valence-corrected chi connectivity index (χ0v) is 21.4. The van der Waals surface area contributed by atoms with Crippen LogP contribution in [0, 0.1) is 0 Å². The molecule has 0 saturated heterocycles. The van der Waals surface area contributed by atoms with E-state index in [0.29, 0.717) is 30.9 Å². The molecule has 5 heteroatoms. The maximum atomic E-state index is 12.4. The van der Waals surface area contributed by atoms with Crippen molar-refractivity contribution in [2.75, 3.05) is 19.8 Å². The number of ether oxygens (including phenoxy) is 2. The van der Waals surface area contributed by atoms with Crippen molar-refractivity contribution in [2.24, 2.45) is 0 Å².